The van der Waals surface area contributed by atoms with E-state index in [1.807, 2.05) is 30.3 Å². The Balaban J connectivity index is 1.72. The highest BCUT2D eigenvalue weighted by atomic mass is 16.6. The summed E-state index contributed by atoms with van der Waals surface area (Å²) < 4.78 is 5.32. The van der Waals surface area contributed by atoms with Crippen LogP contribution in [0.4, 0.5) is 4.79 Å². The summed E-state index contributed by atoms with van der Waals surface area (Å²) in [4.78, 5) is 29.0. The standard InChI is InChI=1S/C16H23N3O3/c1-17(2)15(20)12-18-8-10-19(11-9-18)16(21)22-13-14-6-4-3-5-7-14/h3-7H,8-13H2,1-2H3. The minimum atomic E-state index is -0.289. The fourth-order valence-electron chi connectivity index (χ4n) is 2.23. The van der Waals surface area contributed by atoms with Gasteiger partial charge in [0, 0.05) is 40.3 Å². The number of hydrogen-bond donors (Lipinski definition) is 0. The predicted octanol–water partition coefficient (Wildman–Crippen LogP) is 1.03. The van der Waals surface area contributed by atoms with Crippen molar-refractivity contribution in [3.63, 3.8) is 0 Å². The van der Waals surface area contributed by atoms with Crippen LogP contribution in [0.1, 0.15) is 5.56 Å². The van der Waals surface area contributed by atoms with Crippen molar-refractivity contribution in [3.8, 4) is 0 Å². The lowest BCUT2D eigenvalue weighted by molar-refractivity contribution is -0.130. The normalized spacial score (nSPS) is 15.5. The molecule has 1 aliphatic rings. The SMILES string of the molecule is CN(C)C(=O)CN1CCN(C(=O)OCc2ccccc2)CC1. The average Bonchev–Trinajstić information content (AvgIpc) is 2.54. The molecule has 0 aliphatic carbocycles. The number of hydrogen-bond acceptors (Lipinski definition) is 4. The maximum atomic E-state index is 12.0. The molecule has 0 aromatic heterocycles. The molecule has 0 saturated carbocycles. The smallest absolute Gasteiger partial charge is 0.410 e. The Morgan fingerprint density at radius 1 is 1.09 bits per heavy atom. The Bertz CT molecular complexity index is 497. The second-order valence-corrected chi connectivity index (χ2v) is 5.59. The van der Waals surface area contributed by atoms with E-state index in [1.165, 1.54) is 0 Å². The van der Waals surface area contributed by atoms with Gasteiger partial charge >= 0.3 is 6.09 Å². The third-order valence-corrected chi connectivity index (χ3v) is 3.69. The van der Waals surface area contributed by atoms with E-state index in [2.05, 4.69) is 4.90 Å². The van der Waals surface area contributed by atoms with E-state index in [0.717, 1.165) is 5.56 Å². The number of rotatable bonds is 4. The molecule has 6 nitrogen and oxygen atoms in total. The van der Waals surface area contributed by atoms with Gasteiger partial charge in [-0.05, 0) is 5.56 Å². The van der Waals surface area contributed by atoms with Gasteiger partial charge in [0.2, 0.25) is 5.91 Å². The van der Waals surface area contributed by atoms with Gasteiger partial charge < -0.3 is 14.5 Å². The van der Waals surface area contributed by atoms with Gasteiger partial charge in [0.15, 0.2) is 0 Å². The van der Waals surface area contributed by atoms with E-state index in [9.17, 15) is 9.59 Å². The van der Waals surface area contributed by atoms with E-state index in [4.69, 9.17) is 4.74 Å². The molecule has 0 unspecified atom stereocenters. The molecule has 6 heteroatoms. The molecule has 2 amide bonds. The predicted molar refractivity (Wildman–Crippen MR) is 83.3 cm³/mol. The van der Waals surface area contributed by atoms with Crippen molar-refractivity contribution in [2.45, 2.75) is 6.61 Å². The number of likely N-dealkylation sites (N-methyl/N-ethyl adjacent to an activating group) is 1. The van der Waals surface area contributed by atoms with Gasteiger partial charge in [-0.3, -0.25) is 9.69 Å². The minimum absolute atomic E-state index is 0.0834. The van der Waals surface area contributed by atoms with E-state index in [0.29, 0.717) is 39.3 Å². The highest BCUT2D eigenvalue weighted by Crippen LogP contribution is 2.07. The molecular formula is C16H23N3O3. The number of nitrogens with zero attached hydrogens (tertiary/aromatic N) is 3. The summed E-state index contributed by atoms with van der Waals surface area (Å²) in [6.45, 7) is 3.27. The summed E-state index contributed by atoms with van der Waals surface area (Å²) in [5, 5.41) is 0. The summed E-state index contributed by atoms with van der Waals surface area (Å²) in [5.41, 5.74) is 0.978. The topological polar surface area (TPSA) is 53.1 Å². The Hall–Kier alpha value is -2.08. The quantitative estimate of drug-likeness (QED) is 0.834. The van der Waals surface area contributed by atoms with E-state index in [-0.39, 0.29) is 12.0 Å². The zero-order chi connectivity index (χ0) is 15.9. The molecule has 1 aromatic carbocycles. The van der Waals surface area contributed by atoms with Crippen molar-refractivity contribution in [2.24, 2.45) is 0 Å². The third-order valence-electron chi connectivity index (χ3n) is 3.69. The van der Waals surface area contributed by atoms with Crippen molar-refractivity contribution in [2.75, 3.05) is 46.8 Å². The number of carbonyl (C=O) groups is 2. The molecule has 0 spiro atoms. The van der Waals surface area contributed by atoms with Crippen molar-refractivity contribution in [1.29, 1.82) is 0 Å². The van der Waals surface area contributed by atoms with Crippen LogP contribution >= 0.6 is 0 Å². The summed E-state index contributed by atoms with van der Waals surface area (Å²) in [5.74, 6) is 0.0834. The fraction of sp³-hybridized carbons (Fsp3) is 0.500. The molecular weight excluding hydrogens is 282 g/mol. The number of ether oxygens (including phenoxy) is 1. The Morgan fingerprint density at radius 2 is 1.73 bits per heavy atom. The molecule has 1 heterocycles. The zero-order valence-electron chi connectivity index (χ0n) is 13.2. The summed E-state index contributed by atoms with van der Waals surface area (Å²) in [7, 11) is 3.50. The van der Waals surface area contributed by atoms with Crippen molar-refractivity contribution in [1.82, 2.24) is 14.7 Å². The van der Waals surface area contributed by atoms with Gasteiger partial charge in [-0.15, -0.1) is 0 Å². The van der Waals surface area contributed by atoms with Gasteiger partial charge in [-0.1, -0.05) is 30.3 Å². The van der Waals surface area contributed by atoms with Crippen LogP contribution in [0.25, 0.3) is 0 Å². The summed E-state index contributed by atoms with van der Waals surface area (Å²) in [6, 6.07) is 9.63. The van der Waals surface area contributed by atoms with E-state index < -0.39 is 0 Å². The highest BCUT2D eigenvalue weighted by Gasteiger charge is 2.23. The maximum Gasteiger partial charge on any atom is 0.410 e. The van der Waals surface area contributed by atoms with Gasteiger partial charge in [0.25, 0.3) is 0 Å². The Kier molecular flexibility index (Phi) is 5.77. The first-order valence-electron chi connectivity index (χ1n) is 7.44. The van der Waals surface area contributed by atoms with Gasteiger partial charge in [-0.25, -0.2) is 4.79 Å². The summed E-state index contributed by atoms with van der Waals surface area (Å²) >= 11 is 0. The third kappa shape index (κ3) is 4.73. The van der Waals surface area contributed by atoms with Gasteiger partial charge in [-0.2, -0.15) is 0 Å². The Morgan fingerprint density at radius 3 is 2.32 bits per heavy atom. The first-order chi connectivity index (χ1) is 10.6. The van der Waals surface area contributed by atoms with Crippen molar-refractivity contribution >= 4 is 12.0 Å². The minimum Gasteiger partial charge on any atom is -0.445 e. The maximum absolute atomic E-state index is 12.0. The molecule has 1 fully saturated rings. The fourth-order valence-corrected chi connectivity index (χ4v) is 2.23. The molecule has 22 heavy (non-hydrogen) atoms. The van der Waals surface area contributed by atoms with Gasteiger partial charge in [0.1, 0.15) is 6.61 Å². The van der Waals surface area contributed by atoms with Crippen LogP contribution in [0.15, 0.2) is 30.3 Å². The van der Waals surface area contributed by atoms with Crippen LogP contribution in [0.5, 0.6) is 0 Å². The molecule has 2 rings (SSSR count). The highest BCUT2D eigenvalue weighted by molar-refractivity contribution is 5.77. The molecule has 1 saturated heterocycles. The van der Waals surface area contributed by atoms with Crippen molar-refractivity contribution < 1.29 is 14.3 Å². The van der Waals surface area contributed by atoms with Gasteiger partial charge in [0.05, 0.1) is 6.54 Å². The first kappa shape index (κ1) is 16.3. The number of benzene rings is 1. The number of piperazine rings is 1. The molecule has 120 valence electrons. The second-order valence-electron chi connectivity index (χ2n) is 5.59. The van der Waals surface area contributed by atoms with Crippen LogP contribution in [0, 0.1) is 0 Å². The zero-order valence-corrected chi connectivity index (χ0v) is 13.2. The van der Waals surface area contributed by atoms with Crippen LogP contribution in [0.2, 0.25) is 0 Å². The van der Waals surface area contributed by atoms with Crippen molar-refractivity contribution in [3.05, 3.63) is 35.9 Å². The van der Waals surface area contributed by atoms with Crippen LogP contribution in [-0.2, 0) is 16.1 Å². The molecule has 1 aromatic rings. The lowest BCUT2D eigenvalue weighted by Gasteiger charge is -2.34. The average molecular weight is 305 g/mol. The molecule has 0 radical (unpaired) electrons. The number of carbonyl (C=O) groups excluding carboxylic acids is 2. The van der Waals surface area contributed by atoms with Crippen LogP contribution in [0.3, 0.4) is 0 Å². The van der Waals surface area contributed by atoms with E-state index >= 15 is 0 Å². The Labute approximate surface area is 131 Å². The largest absolute Gasteiger partial charge is 0.445 e. The monoisotopic (exact) mass is 305 g/mol. The molecule has 1 aliphatic heterocycles. The van der Waals surface area contributed by atoms with Crippen LogP contribution in [-0.4, -0.2) is 73.5 Å². The molecule has 0 atom stereocenters. The molecule has 0 bridgehead atoms. The second kappa shape index (κ2) is 7.79. The lowest BCUT2D eigenvalue weighted by Crippen LogP contribution is -2.51. The number of amides is 2. The van der Waals surface area contributed by atoms with Crippen LogP contribution < -0.4 is 0 Å². The molecule has 0 N–H and O–H groups in total. The summed E-state index contributed by atoms with van der Waals surface area (Å²) in [6.07, 6.45) is -0.289. The lowest BCUT2D eigenvalue weighted by atomic mass is 10.2. The first-order valence-corrected chi connectivity index (χ1v) is 7.44. The van der Waals surface area contributed by atoms with E-state index in [1.54, 1.807) is 23.9 Å².